The molecular formula is C9H6FN3O2S. The Kier molecular flexibility index (Phi) is 2.78. The predicted octanol–water partition coefficient (Wildman–Crippen LogP) is 1.48. The zero-order valence-corrected chi connectivity index (χ0v) is 8.70. The van der Waals surface area contributed by atoms with Gasteiger partial charge in [0, 0.05) is 0 Å². The number of para-hydroxylation sites is 1. The van der Waals surface area contributed by atoms with Crippen LogP contribution in [0.15, 0.2) is 24.3 Å². The molecule has 0 fully saturated rings. The van der Waals surface area contributed by atoms with Crippen LogP contribution in [0.3, 0.4) is 0 Å². The number of halogens is 1. The van der Waals surface area contributed by atoms with Gasteiger partial charge >= 0.3 is 5.97 Å². The fourth-order valence-electron chi connectivity index (χ4n) is 1.01. The van der Waals surface area contributed by atoms with Crippen molar-refractivity contribution >= 4 is 23.3 Å². The zero-order valence-electron chi connectivity index (χ0n) is 7.88. The molecule has 7 heteroatoms. The zero-order chi connectivity index (χ0) is 11.5. The maximum atomic E-state index is 13.2. The summed E-state index contributed by atoms with van der Waals surface area (Å²) in [6.45, 7) is 0. The lowest BCUT2D eigenvalue weighted by Crippen LogP contribution is -2.09. The normalized spacial score (nSPS) is 10.1. The van der Waals surface area contributed by atoms with E-state index in [4.69, 9.17) is 10.5 Å². The average Bonchev–Trinajstić information content (AvgIpc) is 2.68. The molecule has 5 nitrogen and oxygen atoms in total. The first kappa shape index (κ1) is 10.5. The molecule has 0 aliphatic heterocycles. The molecule has 2 aromatic rings. The van der Waals surface area contributed by atoms with Gasteiger partial charge in [-0.1, -0.05) is 16.6 Å². The maximum absolute atomic E-state index is 13.2. The van der Waals surface area contributed by atoms with Crippen molar-refractivity contribution < 1.29 is 13.9 Å². The van der Waals surface area contributed by atoms with Crippen LogP contribution in [-0.4, -0.2) is 15.6 Å². The molecule has 2 N–H and O–H groups in total. The number of nitrogens with zero attached hydrogens (tertiary/aromatic N) is 2. The fraction of sp³-hybridized carbons (Fsp3) is 0. The van der Waals surface area contributed by atoms with Gasteiger partial charge in [0.1, 0.15) is 0 Å². The van der Waals surface area contributed by atoms with Crippen molar-refractivity contribution in [3.63, 3.8) is 0 Å². The van der Waals surface area contributed by atoms with E-state index in [1.54, 1.807) is 6.07 Å². The van der Waals surface area contributed by atoms with Crippen molar-refractivity contribution in [3.8, 4) is 5.75 Å². The second kappa shape index (κ2) is 4.23. The van der Waals surface area contributed by atoms with Gasteiger partial charge in [-0.2, -0.15) is 0 Å². The Hall–Kier alpha value is -2.02. The van der Waals surface area contributed by atoms with Gasteiger partial charge in [0.2, 0.25) is 0 Å². The highest BCUT2D eigenvalue weighted by atomic mass is 32.1. The van der Waals surface area contributed by atoms with Crippen molar-refractivity contribution in [2.75, 3.05) is 5.73 Å². The number of ether oxygens (including phenoxy) is 1. The molecular weight excluding hydrogens is 233 g/mol. The van der Waals surface area contributed by atoms with Crippen molar-refractivity contribution in [1.82, 2.24) is 9.59 Å². The van der Waals surface area contributed by atoms with Gasteiger partial charge in [0.05, 0.1) is 0 Å². The fourth-order valence-corrected chi connectivity index (χ4v) is 1.47. The highest BCUT2D eigenvalue weighted by Gasteiger charge is 2.17. The van der Waals surface area contributed by atoms with E-state index in [9.17, 15) is 9.18 Å². The van der Waals surface area contributed by atoms with Gasteiger partial charge in [0.15, 0.2) is 22.3 Å². The third-order valence-electron chi connectivity index (χ3n) is 1.74. The molecule has 1 aromatic heterocycles. The van der Waals surface area contributed by atoms with Crippen LogP contribution in [0.4, 0.5) is 10.2 Å². The minimum absolute atomic E-state index is 0.0219. The van der Waals surface area contributed by atoms with Gasteiger partial charge in [-0.25, -0.2) is 9.18 Å². The Balaban J connectivity index is 2.21. The quantitative estimate of drug-likeness (QED) is 0.634. The van der Waals surface area contributed by atoms with Crippen LogP contribution in [-0.2, 0) is 0 Å². The van der Waals surface area contributed by atoms with E-state index in [-0.39, 0.29) is 16.4 Å². The molecule has 0 radical (unpaired) electrons. The number of carbonyl (C=O) groups is 1. The van der Waals surface area contributed by atoms with Crippen LogP contribution in [0.5, 0.6) is 5.75 Å². The number of aromatic nitrogens is 2. The first-order valence-electron chi connectivity index (χ1n) is 4.23. The lowest BCUT2D eigenvalue weighted by molar-refractivity contribution is 0.0734. The number of hydrogen-bond donors (Lipinski definition) is 1. The van der Waals surface area contributed by atoms with Crippen LogP contribution in [0.25, 0.3) is 0 Å². The Morgan fingerprint density at radius 3 is 2.81 bits per heavy atom. The van der Waals surface area contributed by atoms with Crippen LogP contribution in [0, 0.1) is 5.82 Å². The molecule has 2 rings (SSSR count). The summed E-state index contributed by atoms with van der Waals surface area (Å²) in [5.41, 5.74) is 5.38. The maximum Gasteiger partial charge on any atom is 0.359 e. The first-order valence-corrected chi connectivity index (χ1v) is 5.00. The topological polar surface area (TPSA) is 78.1 Å². The Bertz CT molecular complexity index is 529. The van der Waals surface area contributed by atoms with E-state index in [0.29, 0.717) is 0 Å². The molecule has 1 heterocycles. The van der Waals surface area contributed by atoms with Crippen LogP contribution in [0.2, 0.25) is 0 Å². The summed E-state index contributed by atoms with van der Waals surface area (Å²) in [6.07, 6.45) is 0. The SMILES string of the molecule is Nc1nnsc1C(=O)Oc1ccccc1F. The summed E-state index contributed by atoms with van der Waals surface area (Å²) in [5.74, 6) is -1.56. The Morgan fingerprint density at radius 2 is 2.19 bits per heavy atom. The molecule has 0 spiro atoms. The lowest BCUT2D eigenvalue weighted by Gasteiger charge is -2.02. The molecule has 16 heavy (non-hydrogen) atoms. The molecule has 0 bridgehead atoms. The van der Waals surface area contributed by atoms with Crippen LogP contribution < -0.4 is 10.5 Å². The minimum atomic E-state index is -0.766. The molecule has 0 aliphatic rings. The number of hydrogen-bond acceptors (Lipinski definition) is 6. The summed E-state index contributed by atoms with van der Waals surface area (Å²) in [7, 11) is 0. The van der Waals surface area contributed by atoms with E-state index in [1.807, 2.05) is 0 Å². The van der Waals surface area contributed by atoms with E-state index >= 15 is 0 Å². The molecule has 0 amide bonds. The summed E-state index contributed by atoms with van der Waals surface area (Å²) in [5, 5.41) is 3.45. The van der Waals surface area contributed by atoms with Gasteiger partial charge < -0.3 is 10.5 Å². The highest BCUT2D eigenvalue weighted by molar-refractivity contribution is 7.08. The molecule has 0 saturated heterocycles. The minimum Gasteiger partial charge on any atom is -0.419 e. The monoisotopic (exact) mass is 239 g/mol. The molecule has 0 unspecified atom stereocenters. The van der Waals surface area contributed by atoms with Crippen molar-refractivity contribution in [2.45, 2.75) is 0 Å². The second-order valence-corrected chi connectivity index (χ2v) is 3.56. The number of esters is 1. The van der Waals surface area contributed by atoms with E-state index < -0.39 is 11.8 Å². The third-order valence-corrected chi connectivity index (χ3v) is 2.46. The van der Waals surface area contributed by atoms with E-state index in [1.165, 1.54) is 18.2 Å². The van der Waals surface area contributed by atoms with Crippen molar-refractivity contribution in [3.05, 3.63) is 35.0 Å². The largest absolute Gasteiger partial charge is 0.419 e. The first-order chi connectivity index (χ1) is 7.68. The molecule has 1 aromatic carbocycles. The lowest BCUT2D eigenvalue weighted by atomic mass is 10.3. The van der Waals surface area contributed by atoms with Gasteiger partial charge in [-0.3, -0.25) is 0 Å². The van der Waals surface area contributed by atoms with Crippen LogP contribution in [0.1, 0.15) is 9.67 Å². The number of nitrogens with two attached hydrogens (primary N) is 1. The molecule has 0 aliphatic carbocycles. The van der Waals surface area contributed by atoms with Gasteiger partial charge in [-0.05, 0) is 23.7 Å². The van der Waals surface area contributed by atoms with Gasteiger partial charge in [0.25, 0.3) is 0 Å². The Labute approximate surface area is 93.8 Å². The van der Waals surface area contributed by atoms with Gasteiger partial charge in [-0.15, -0.1) is 5.10 Å². The summed E-state index contributed by atoms with van der Waals surface area (Å²) in [6, 6.07) is 5.59. The molecule has 0 saturated carbocycles. The number of benzene rings is 1. The molecule has 0 atom stereocenters. The summed E-state index contributed by atoms with van der Waals surface area (Å²) in [4.78, 5) is 11.6. The second-order valence-electron chi connectivity index (χ2n) is 2.81. The average molecular weight is 239 g/mol. The summed E-state index contributed by atoms with van der Waals surface area (Å²) >= 11 is 0.800. The van der Waals surface area contributed by atoms with Crippen LogP contribution >= 0.6 is 11.5 Å². The Morgan fingerprint density at radius 1 is 1.44 bits per heavy atom. The number of rotatable bonds is 2. The standard InChI is InChI=1S/C9H6FN3O2S/c10-5-3-1-2-4-6(5)15-9(14)7-8(11)12-13-16-7/h1-4H,11H2. The predicted molar refractivity (Wildman–Crippen MR) is 55.7 cm³/mol. The smallest absolute Gasteiger partial charge is 0.359 e. The number of nitrogen functional groups attached to an aromatic ring is 1. The number of carbonyl (C=O) groups excluding carboxylic acids is 1. The van der Waals surface area contributed by atoms with E-state index in [0.717, 1.165) is 11.5 Å². The summed E-state index contributed by atoms with van der Waals surface area (Å²) < 4.78 is 21.4. The van der Waals surface area contributed by atoms with Crippen molar-refractivity contribution in [2.24, 2.45) is 0 Å². The van der Waals surface area contributed by atoms with Crippen molar-refractivity contribution in [1.29, 1.82) is 0 Å². The van der Waals surface area contributed by atoms with E-state index in [2.05, 4.69) is 9.59 Å². The highest BCUT2D eigenvalue weighted by Crippen LogP contribution is 2.19. The number of anilines is 1. The molecule has 82 valence electrons. The third kappa shape index (κ3) is 1.98.